The second-order valence-electron chi connectivity index (χ2n) is 4.02. The minimum atomic E-state index is -1.05. The maximum absolute atomic E-state index is 11.4. The van der Waals surface area contributed by atoms with Gasteiger partial charge >= 0.3 is 5.97 Å². The third-order valence-corrected chi connectivity index (χ3v) is 3.52. The lowest BCUT2D eigenvalue weighted by Gasteiger charge is -2.08. The standard InChI is InChI=1S/C14H9BrN2O2/c15-9-5-1-3-7-11(9)17-12-8-4-2-6-10(12)16-13(17)14(18)19/h1-8H,(H,18,19). The van der Waals surface area contributed by atoms with Gasteiger partial charge in [0.1, 0.15) is 0 Å². The molecule has 0 bridgehead atoms. The quantitative estimate of drug-likeness (QED) is 0.787. The molecule has 0 unspecified atom stereocenters. The number of carbonyl (C=O) groups is 1. The summed E-state index contributed by atoms with van der Waals surface area (Å²) in [5, 5.41) is 9.32. The highest BCUT2D eigenvalue weighted by atomic mass is 79.9. The van der Waals surface area contributed by atoms with Crippen LogP contribution in [-0.2, 0) is 0 Å². The van der Waals surface area contributed by atoms with Crippen LogP contribution in [0.3, 0.4) is 0 Å². The summed E-state index contributed by atoms with van der Waals surface area (Å²) in [6, 6.07) is 14.8. The molecule has 5 heteroatoms. The first-order chi connectivity index (χ1) is 9.18. The van der Waals surface area contributed by atoms with E-state index in [2.05, 4.69) is 20.9 Å². The molecule has 2 aromatic carbocycles. The van der Waals surface area contributed by atoms with Gasteiger partial charge in [0, 0.05) is 4.47 Å². The molecule has 3 aromatic rings. The minimum absolute atomic E-state index is 0.00750. The third-order valence-electron chi connectivity index (χ3n) is 2.85. The van der Waals surface area contributed by atoms with E-state index in [-0.39, 0.29) is 5.82 Å². The molecule has 0 aliphatic heterocycles. The molecule has 1 aromatic heterocycles. The van der Waals surface area contributed by atoms with E-state index in [1.165, 1.54) is 0 Å². The first-order valence-corrected chi connectivity index (χ1v) is 6.43. The van der Waals surface area contributed by atoms with Gasteiger partial charge in [-0.2, -0.15) is 0 Å². The van der Waals surface area contributed by atoms with Crippen LogP contribution in [0.25, 0.3) is 16.7 Å². The first kappa shape index (κ1) is 11.9. The molecule has 0 spiro atoms. The zero-order valence-corrected chi connectivity index (χ0v) is 11.3. The average molecular weight is 317 g/mol. The summed E-state index contributed by atoms with van der Waals surface area (Å²) < 4.78 is 2.46. The van der Waals surface area contributed by atoms with Crippen molar-refractivity contribution in [1.29, 1.82) is 0 Å². The SMILES string of the molecule is O=C(O)c1nc2ccccc2n1-c1ccccc1Br. The molecule has 4 nitrogen and oxygen atoms in total. The number of imidazole rings is 1. The highest BCUT2D eigenvalue weighted by Gasteiger charge is 2.18. The normalized spacial score (nSPS) is 10.8. The number of aromatic nitrogens is 2. The van der Waals surface area contributed by atoms with Crippen LogP contribution in [0.5, 0.6) is 0 Å². The fourth-order valence-electron chi connectivity index (χ4n) is 2.05. The van der Waals surface area contributed by atoms with E-state index < -0.39 is 5.97 Å². The van der Waals surface area contributed by atoms with Gasteiger partial charge in [0.25, 0.3) is 0 Å². The summed E-state index contributed by atoms with van der Waals surface area (Å²) in [7, 11) is 0. The van der Waals surface area contributed by atoms with Crippen molar-refractivity contribution in [2.75, 3.05) is 0 Å². The number of rotatable bonds is 2. The van der Waals surface area contributed by atoms with E-state index >= 15 is 0 Å². The molecule has 94 valence electrons. The first-order valence-electron chi connectivity index (χ1n) is 5.64. The molecule has 3 rings (SSSR count). The molecule has 0 aliphatic rings. The molecular formula is C14H9BrN2O2. The Kier molecular flexibility index (Phi) is 2.83. The maximum Gasteiger partial charge on any atom is 0.372 e. The summed E-state index contributed by atoms with van der Waals surface area (Å²) in [6.45, 7) is 0. The van der Waals surface area contributed by atoms with Crippen molar-refractivity contribution in [3.63, 3.8) is 0 Å². The number of halogens is 1. The lowest BCUT2D eigenvalue weighted by Crippen LogP contribution is -2.08. The number of hydrogen-bond donors (Lipinski definition) is 1. The fourth-order valence-corrected chi connectivity index (χ4v) is 2.51. The number of fused-ring (bicyclic) bond motifs is 1. The lowest BCUT2D eigenvalue weighted by atomic mass is 10.3. The fraction of sp³-hybridized carbons (Fsp3) is 0. The predicted octanol–water partition coefficient (Wildman–Crippen LogP) is 3.49. The van der Waals surface area contributed by atoms with E-state index in [1.54, 1.807) is 10.6 Å². The second kappa shape index (κ2) is 4.51. The third kappa shape index (κ3) is 1.92. The number of aromatic carboxylic acids is 1. The van der Waals surface area contributed by atoms with Crippen molar-refractivity contribution < 1.29 is 9.90 Å². The zero-order chi connectivity index (χ0) is 13.4. The lowest BCUT2D eigenvalue weighted by molar-refractivity contribution is 0.0682. The Bertz CT molecular complexity index is 780. The van der Waals surface area contributed by atoms with Gasteiger partial charge in [-0.25, -0.2) is 9.78 Å². The monoisotopic (exact) mass is 316 g/mol. The molecule has 0 amide bonds. The van der Waals surface area contributed by atoms with Crippen molar-refractivity contribution in [3.05, 3.63) is 58.8 Å². The van der Waals surface area contributed by atoms with Crippen LogP contribution in [0.15, 0.2) is 53.0 Å². The Morgan fingerprint density at radius 1 is 1.11 bits per heavy atom. The van der Waals surface area contributed by atoms with Gasteiger partial charge in [-0.05, 0) is 40.2 Å². The van der Waals surface area contributed by atoms with Crippen molar-refractivity contribution in [2.45, 2.75) is 0 Å². The average Bonchev–Trinajstić information content (AvgIpc) is 2.79. The topological polar surface area (TPSA) is 55.1 Å². The van der Waals surface area contributed by atoms with Crippen LogP contribution >= 0.6 is 15.9 Å². The van der Waals surface area contributed by atoms with Crippen molar-refractivity contribution in [2.24, 2.45) is 0 Å². The number of carboxylic acids is 1. The van der Waals surface area contributed by atoms with Crippen LogP contribution in [0.4, 0.5) is 0 Å². The summed E-state index contributed by atoms with van der Waals surface area (Å²) in [4.78, 5) is 15.5. The van der Waals surface area contributed by atoms with Crippen LogP contribution < -0.4 is 0 Å². The van der Waals surface area contributed by atoms with Crippen molar-refractivity contribution in [3.8, 4) is 5.69 Å². The van der Waals surface area contributed by atoms with E-state index in [9.17, 15) is 9.90 Å². The Morgan fingerprint density at radius 2 is 1.79 bits per heavy atom. The molecule has 0 saturated carbocycles. The molecule has 0 fully saturated rings. The van der Waals surface area contributed by atoms with Gasteiger partial charge in [-0.15, -0.1) is 0 Å². The van der Waals surface area contributed by atoms with E-state index in [4.69, 9.17) is 0 Å². The van der Waals surface area contributed by atoms with Gasteiger partial charge in [-0.3, -0.25) is 4.57 Å². The van der Waals surface area contributed by atoms with Crippen LogP contribution in [0.1, 0.15) is 10.6 Å². The maximum atomic E-state index is 11.4. The number of para-hydroxylation sites is 3. The van der Waals surface area contributed by atoms with Gasteiger partial charge in [0.15, 0.2) is 0 Å². The summed E-state index contributed by atoms with van der Waals surface area (Å²) in [6.07, 6.45) is 0. The Hall–Kier alpha value is -2.14. The molecular weight excluding hydrogens is 308 g/mol. The summed E-state index contributed by atoms with van der Waals surface area (Å²) in [5.74, 6) is -1.04. The van der Waals surface area contributed by atoms with Crippen LogP contribution in [-0.4, -0.2) is 20.6 Å². The molecule has 1 heterocycles. The Labute approximate surface area is 117 Å². The number of hydrogen-bond acceptors (Lipinski definition) is 2. The predicted molar refractivity (Wildman–Crippen MR) is 75.7 cm³/mol. The largest absolute Gasteiger partial charge is 0.475 e. The number of nitrogens with zero attached hydrogens (tertiary/aromatic N) is 2. The molecule has 1 N–H and O–H groups in total. The van der Waals surface area contributed by atoms with Gasteiger partial charge < -0.3 is 5.11 Å². The summed E-state index contributed by atoms with van der Waals surface area (Å²) >= 11 is 3.45. The number of benzene rings is 2. The molecule has 19 heavy (non-hydrogen) atoms. The molecule has 0 radical (unpaired) electrons. The molecule has 0 atom stereocenters. The van der Waals surface area contributed by atoms with E-state index in [0.717, 1.165) is 15.7 Å². The van der Waals surface area contributed by atoms with E-state index in [1.807, 2.05) is 42.5 Å². The van der Waals surface area contributed by atoms with Gasteiger partial charge in [0.2, 0.25) is 5.82 Å². The van der Waals surface area contributed by atoms with E-state index in [0.29, 0.717) is 5.52 Å². The smallest absolute Gasteiger partial charge is 0.372 e. The minimum Gasteiger partial charge on any atom is -0.475 e. The molecule has 0 saturated heterocycles. The van der Waals surface area contributed by atoms with Crippen LogP contribution in [0, 0.1) is 0 Å². The molecule has 0 aliphatic carbocycles. The second-order valence-corrected chi connectivity index (χ2v) is 4.87. The van der Waals surface area contributed by atoms with Crippen LogP contribution in [0.2, 0.25) is 0 Å². The summed E-state index contributed by atoms with van der Waals surface area (Å²) in [5.41, 5.74) is 2.19. The Balaban J connectivity index is 2.42. The zero-order valence-electron chi connectivity index (χ0n) is 9.75. The Morgan fingerprint density at radius 3 is 2.53 bits per heavy atom. The highest BCUT2D eigenvalue weighted by Crippen LogP contribution is 2.26. The highest BCUT2D eigenvalue weighted by molar-refractivity contribution is 9.10. The number of carboxylic acid groups (broad SMARTS) is 1. The van der Waals surface area contributed by atoms with Crippen molar-refractivity contribution in [1.82, 2.24) is 9.55 Å². The van der Waals surface area contributed by atoms with Crippen molar-refractivity contribution >= 4 is 32.9 Å². The van der Waals surface area contributed by atoms with Gasteiger partial charge in [-0.1, -0.05) is 24.3 Å². The van der Waals surface area contributed by atoms with Gasteiger partial charge in [0.05, 0.1) is 16.7 Å².